The molecule has 0 radical (unpaired) electrons. The monoisotopic (exact) mass is 299 g/mol. The molecule has 0 bridgehead atoms. The van der Waals surface area contributed by atoms with Crippen LogP contribution in [0.25, 0.3) is 0 Å². The van der Waals surface area contributed by atoms with E-state index in [4.69, 9.17) is 0 Å². The van der Waals surface area contributed by atoms with E-state index >= 15 is 0 Å². The highest BCUT2D eigenvalue weighted by Gasteiger charge is 2.40. The summed E-state index contributed by atoms with van der Waals surface area (Å²) >= 11 is 0. The maximum atomic E-state index is 4.44. The van der Waals surface area contributed by atoms with Crippen molar-refractivity contribution in [3.8, 4) is 0 Å². The zero-order valence-electron chi connectivity index (χ0n) is 12.5. The molecular formula is C14H26ClN5. The predicted molar refractivity (Wildman–Crippen MR) is 81.9 cm³/mol. The van der Waals surface area contributed by atoms with Gasteiger partial charge in [-0.05, 0) is 37.3 Å². The van der Waals surface area contributed by atoms with Gasteiger partial charge in [0.2, 0.25) is 0 Å². The summed E-state index contributed by atoms with van der Waals surface area (Å²) in [5.74, 6) is 1.74. The third kappa shape index (κ3) is 3.32. The van der Waals surface area contributed by atoms with Crippen LogP contribution in [0.15, 0.2) is 6.33 Å². The first kappa shape index (κ1) is 15.7. The van der Waals surface area contributed by atoms with Crippen LogP contribution < -0.4 is 5.32 Å². The molecule has 0 amide bonds. The van der Waals surface area contributed by atoms with Crippen molar-refractivity contribution in [2.24, 2.45) is 11.3 Å². The number of nitrogens with one attached hydrogen (secondary N) is 1. The zero-order valence-corrected chi connectivity index (χ0v) is 13.3. The van der Waals surface area contributed by atoms with Crippen LogP contribution in [0, 0.1) is 11.3 Å². The normalized spacial score (nSPS) is 26.6. The first-order chi connectivity index (χ1) is 9.17. The van der Waals surface area contributed by atoms with Crippen molar-refractivity contribution >= 4 is 12.4 Å². The lowest BCUT2D eigenvalue weighted by Crippen LogP contribution is -2.29. The van der Waals surface area contributed by atoms with Crippen LogP contribution in [0.3, 0.4) is 0 Å². The Kier molecular flexibility index (Phi) is 5.04. The Balaban J connectivity index is 0.00000147. The molecule has 20 heavy (non-hydrogen) atoms. The summed E-state index contributed by atoms with van der Waals surface area (Å²) in [5.41, 5.74) is 0.545. The summed E-state index contributed by atoms with van der Waals surface area (Å²) < 4.78 is 2.07. The molecule has 0 aliphatic carbocycles. The summed E-state index contributed by atoms with van der Waals surface area (Å²) in [4.78, 5) is 6.99. The zero-order chi connectivity index (χ0) is 13.3. The fraction of sp³-hybridized carbons (Fsp3) is 0.857. The van der Waals surface area contributed by atoms with Gasteiger partial charge in [0.1, 0.15) is 12.2 Å². The Labute approximate surface area is 127 Å². The van der Waals surface area contributed by atoms with Gasteiger partial charge in [0.05, 0.1) is 6.54 Å². The fourth-order valence-electron chi connectivity index (χ4n) is 3.42. The Hall–Kier alpha value is -0.650. The van der Waals surface area contributed by atoms with E-state index in [1.54, 1.807) is 6.33 Å². The first-order valence-corrected chi connectivity index (χ1v) is 7.47. The molecule has 6 heteroatoms. The third-order valence-electron chi connectivity index (χ3n) is 4.45. The lowest BCUT2D eigenvalue weighted by molar-refractivity contribution is 0.258. The summed E-state index contributed by atoms with van der Waals surface area (Å²) in [6.45, 7) is 11.2. The molecule has 3 heterocycles. The van der Waals surface area contributed by atoms with Gasteiger partial charge in [-0.2, -0.15) is 5.10 Å². The van der Waals surface area contributed by atoms with Gasteiger partial charge >= 0.3 is 0 Å². The van der Waals surface area contributed by atoms with Crippen molar-refractivity contribution in [2.45, 2.75) is 39.8 Å². The highest BCUT2D eigenvalue weighted by Crippen LogP contribution is 2.36. The van der Waals surface area contributed by atoms with Crippen LogP contribution in [0.2, 0.25) is 0 Å². The van der Waals surface area contributed by atoms with Gasteiger partial charge in [0, 0.05) is 19.6 Å². The number of halogens is 1. The Morgan fingerprint density at radius 1 is 1.40 bits per heavy atom. The molecule has 2 fully saturated rings. The van der Waals surface area contributed by atoms with Crippen molar-refractivity contribution in [1.82, 2.24) is 25.0 Å². The van der Waals surface area contributed by atoms with Crippen molar-refractivity contribution in [3.05, 3.63) is 12.2 Å². The molecule has 1 spiro atoms. The summed E-state index contributed by atoms with van der Waals surface area (Å²) in [6.07, 6.45) is 4.36. The highest BCUT2D eigenvalue weighted by molar-refractivity contribution is 5.85. The quantitative estimate of drug-likeness (QED) is 0.916. The SMILES string of the molecule is CC(C)Cn1ncnc1CN1CCC2(CCNC2)C1.Cl. The van der Waals surface area contributed by atoms with Gasteiger partial charge in [-0.15, -0.1) is 12.4 Å². The van der Waals surface area contributed by atoms with E-state index in [2.05, 4.69) is 38.8 Å². The number of aromatic nitrogens is 3. The second kappa shape index (κ2) is 6.41. The molecule has 2 aliphatic rings. The second-order valence-corrected chi connectivity index (χ2v) is 6.64. The van der Waals surface area contributed by atoms with E-state index in [0.29, 0.717) is 11.3 Å². The molecule has 1 unspecified atom stereocenters. The number of hydrogen-bond donors (Lipinski definition) is 1. The van der Waals surface area contributed by atoms with Crippen LogP contribution >= 0.6 is 12.4 Å². The Morgan fingerprint density at radius 3 is 2.95 bits per heavy atom. The van der Waals surface area contributed by atoms with Gasteiger partial charge in [0.25, 0.3) is 0 Å². The molecule has 0 saturated carbocycles. The third-order valence-corrected chi connectivity index (χ3v) is 4.45. The first-order valence-electron chi connectivity index (χ1n) is 7.47. The van der Waals surface area contributed by atoms with E-state index in [0.717, 1.165) is 18.9 Å². The number of hydrogen-bond acceptors (Lipinski definition) is 4. The molecule has 114 valence electrons. The van der Waals surface area contributed by atoms with Crippen LogP contribution in [0.5, 0.6) is 0 Å². The van der Waals surface area contributed by atoms with Gasteiger partial charge in [-0.1, -0.05) is 13.8 Å². The van der Waals surface area contributed by atoms with Crippen LogP contribution in [0.1, 0.15) is 32.5 Å². The van der Waals surface area contributed by atoms with Crippen LogP contribution in [-0.4, -0.2) is 45.8 Å². The minimum Gasteiger partial charge on any atom is -0.316 e. The molecule has 1 N–H and O–H groups in total. The number of rotatable bonds is 4. The number of nitrogens with zero attached hydrogens (tertiary/aromatic N) is 4. The molecule has 5 nitrogen and oxygen atoms in total. The van der Waals surface area contributed by atoms with E-state index in [9.17, 15) is 0 Å². The molecule has 1 aromatic rings. The predicted octanol–water partition coefficient (Wildman–Crippen LogP) is 1.54. The van der Waals surface area contributed by atoms with Gasteiger partial charge < -0.3 is 5.32 Å². The highest BCUT2D eigenvalue weighted by atomic mass is 35.5. The maximum absolute atomic E-state index is 4.44. The molecule has 1 atom stereocenters. The van der Waals surface area contributed by atoms with Gasteiger partial charge in [-0.3, -0.25) is 4.90 Å². The van der Waals surface area contributed by atoms with Crippen LogP contribution in [-0.2, 0) is 13.1 Å². The topological polar surface area (TPSA) is 46.0 Å². The van der Waals surface area contributed by atoms with Gasteiger partial charge in [0.15, 0.2) is 0 Å². The minimum atomic E-state index is 0. The molecule has 3 rings (SSSR count). The lowest BCUT2D eigenvalue weighted by Gasteiger charge is -2.22. The summed E-state index contributed by atoms with van der Waals surface area (Å²) in [6, 6.07) is 0. The van der Waals surface area contributed by atoms with Crippen molar-refractivity contribution in [2.75, 3.05) is 26.2 Å². The lowest BCUT2D eigenvalue weighted by atomic mass is 9.87. The van der Waals surface area contributed by atoms with E-state index in [-0.39, 0.29) is 12.4 Å². The van der Waals surface area contributed by atoms with E-state index < -0.39 is 0 Å². The van der Waals surface area contributed by atoms with E-state index in [1.165, 1.54) is 39.0 Å². The van der Waals surface area contributed by atoms with Crippen molar-refractivity contribution in [3.63, 3.8) is 0 Å². The van der Waals surface area contributed by atoms with E-state index in [1.807, 2.05) is 0 Å². The molecule has 0 aromatic carbocycles. The van der Waals surface area contributed by atoms with Crippen molar-refractivity contribution in [1.29, 1.82) is 0 Å². The standard InChI is InChI=1S/C14H25N5.ClH/c1-12(2)7-19-13(16-11-17-19)8-18-6-4-14(10-18)3-5-15-9-14;/h11-12,15H,3-10H2,1-2H3;1H. The largest absolute Gasteiger partial charge is 0.316 e. The average molecular weight is 300 g/mol. The molecule has 2 saturated heterocycles. The molecule has 1 aromatic heterocycles. The van der Waals surface area contributed by atoms with Crippen LogP contribution in [0.4, 0.5) is 0 Å². The van der Waals surface area contributed by atoms with Gasteiger partial charge in [-0.25, -0.2) is 9.67 Å². The second-order valence-electron chi connectivity index (χ2n) is 6.64. The van der Waals surface area contributed by atoms with Crippen molar-refractivity contribution < 1.29 is 0 Å². The fourth-order valence-corrected chi connectivity index (χ4v) is 3.42. The smallest absolute Gasteiger partial charge is 0.141 e. The average Bonchev–Trinajstić information content (AvgIpc) is 3.06. The summed E-state index contributed by atoms with van der Waals surface area (Å²) in [5, 5.41) is 7.87. The number of likely N-dealkylation sites (tertiary alicyclic amines) is 1. The minimum absolute atomic E-state index is 0. The Morgan fingerprint density at radius 2 is 2.25 bits per heavy atom. The maximum Gasteiger partial charge on any atom is 0.141 e. The Bertz CT molecular complexity index is 425. The molecule has 2 aliphatic heterocycles. The summed E-state index contributed by atoms with van der Waals surface area (Å²) in [7, 11) is 0. The molecular weight excluding hydrogens is 274 g/mol.